The first-order valence-corrected chi connectivity index (χ1v) is 8.48. The molecule has 21 heavy (non-hydrogen) atoms. The number of unbranched alkanes of at least 4 members (excludes halogenated alkanes) is 1. The van der Waals surface area contributed by atoms with E-state index in [9.17, 15) is 5.11 Å². The zero-order valence-corrected chi connectivity index (χ0v) is 13.8. The molecule has 0 radical (unpaired) electrons. The minimum Gasteiger partial charge on any atom is -0.496 e. The highest BCUT2D eigenvalue weighted by molar-refractivity contribution is 5.38. The number of hydrogen-bond acceptors (Lipinski definition) is 2. The SMILES string of the molecule is CCCCC1CCC(C(O)c2cc(C)ccc2OC)CC1. The standard InChI is InChI=1S/C19H30O2/c1-4-5-6-15-8-10-16(11-9-15)19(20)17-13-14(2)7-12-18(17)21-3/h7,12-13,15-16,19-20H,4-6,8-11H2,1-3H3. The molecule has 1 aromatic rings. The number of aliphatic hydroxyl groups is 1. The van der Waals surface area contributed by atoms with Crippen molar-refractivity contribution < 1.29 is 9.84 Å². The molecule has 2 nitrogen and oxygen atoms in total. The van der Waals surface area contributed by atoms with Crippen LogP contribution in [0.15, 0.2) is 18.2 Å². The largest absolute Gasteiger partial charge is 0.496 e. The topological polar surface area (TPSA) is 29.5 Å². The van der Waals surface area contributed by atoms with Gasteiger partial charge in [0.1, 0.15) is 5.75 Å². The van der Waals surface area contributed by atoms with Gasteiger partial charge in [-0.3, -0.25) is 0 Å². The Labute approximate surface area is 129 Å². The summed E-state index contributed by atoms with van der Waals surface area (Å²) < 4.78 is 5.43. The molecule has 2 rings (SSSR count). The van der Waals surface area contributed by atoms with E-state index in [4.69, 9.17) is 4.74 Å². The fourth-order valence-corrected chi connectivity index (χ4v) is 3.62. The van der Waals surface area contributed by atoms with E-state index >= 15 is 0 Å². The quantitative estimate of drug-likeness (QED) is 0.796. The lowest BCUT2D eigenvalue weighted by Gasteiger charge is -2.32. The lowest BCUT2D eigenvalue weighted by molar-refractivity contribution is 0.0699. The molecule has 1 aliphatic carbocycles. The minimum absolute atomic E-state index is 0.382. The maximum Gasteiger partial charge on any atom is 0.124 e. The molecule has 1 N–H and O–H groups in total. The molecule has 1 atom stereocenters. The van der Waals surface area contributed by atoms with Crippen molar-refractivity contribution in [2.45, 2.75) is 64.9 Å². The van der Waals surface area contributed by atoms with Gasteiger partial charge < -0.3 is 9.84 Å². The highest BCUT2D eigenvalue weighted by atomic mass is 16.5. The van der Waals surface area contributed by atoms with Gasteiger partial charge in [-0.05, 0) is 43.7 Å². The Hall–Kier alpha value is -1.02. The van der Waals surface area contributed by atoms with E-state index in [0.717, 1.165) is 30.1 Å². The van der Waals surface area contributed by atoms with Crippen LogP contribution in [0.2, 0.25) is 0 Å². The number of rotatable bonds is 6. The van der Waals surface area contributed by atoms with Crippen molar-refractivity contribution in [3.63, 3.8) is 0 Å². The lowest BCUT2D eigenvalue weighted by Crippen LogP contribution is -2.21. The summed E-state index contributed by atoms with van der Waals surface area (Å²) in [4.78, 5) is 0. The third kappa shape index (κ3) is 4.23. The van der Waals surface area contributed by atoms with Gasteiger partial charge in [0, 0.05) is 5.56 Å². The molecule has 0 aromatic heterocycles. The van der Waals surface area contributed by atoms with Crippen molar-refractivity contribution in [1.29, 1.82) is 0 Å². The normalized spacial score (nSPS) is 23.8. The third-order valence-electron chi connectivity index (χ3n) is 5.01. The molecular weight excluding hydrogens is 260 g/mol. The van der Waals surface area contributed by atoms with E-state index in [-0.39, 0.29) is 6.10 Å². The van der Waals surface area contributed by atoms with Crippen molar-refractivity contribution in [3.8, 4) is 5.75 Å². The maximum absolute atomic E-state index is 10.8. The molecule has 0 spiro atoms. The number of aryl methyl sites for hydroxylation is 1. The Morgan fingerprint density at radius 1 is 1.24 bits per heavy atom. The van der Waals surface area contributed by atoms with E-state index in [2.05, 4.69) is 19.9 Å². The van der Waals surface area contributed by atoms with Crippen LogP contribution < -0.4 is 4.74 Å². The molecule has 1 saturated carbocycles. The summed E-state index contributed by atoms with van der Waals surface area (Å²) in [5.74, 6) is 2.09. The van der Waals surface area contributed by atoms with Crippen LogP contribution >= 0.6 is 0 Å². The molecule has 118 valence electrons. The second-order valence-corrected chi connectivity index (χ2v) is 6.61. The van der Waals surface area contributed by atoms with Gasteiger partial charge in [-0.2, -0.15) is 0 Å². The zero-order chi connectivity index (χ0) is 15.2. The molecule has 1 fully saturated rings. The predicted octanol–water partition coefficient (Wildman–Crippen LogP) is 5.03. The second kappa shape index (κ2) is 7.84. The first kappa shape index (κ1) is 16.4. The van der Waals surface area contributed by atoms with E-state index < -0.39 is 0 Å². The molecule has 1 aromatic carbocycles. The summed E-state index contributed by atoms with van der Waals surface area (Å²) in [5, 5.41) is 10.8. The Bertz CT molecular complexity index is 433. The summed E-state index contributed by atoms with van der Waals surface area (Å²) >= 11 is 0. The summed E-state index contributed by atoms with van der Waals surface area (Å²) in [6.45, 7) is 4.33. The van der Waals surface area contributed by atoms with Crippen LogP contribution in [0.5, 0.6) is 5.75 Å². The molecule has 0 bridgehead atoms. The maximum atomic E-state index is 10.8. The fourth-order valence-electron chi connectivity index (χ4n) is 3.62. The van der Waals surface area contributed by atoms with Crippen LogP contribution in [-0.2, 0) is 0 Å². The molecule has 0 saturated heterocycles. The average Bonchev–Trinajstić information content (AvgIpc) is 2.52. The molecule has 0 amide bonds. The van der Waals surface area contributed by atoms with Crippen molar-refractivity contribution >= 4 is 0 Å². The first-order chi connectivity index (χ1) is 10.2. The van der Waals surface area contributed by atoms with Crippen LogP contribution in [0.25, 0.3) is 0 Å². The monoisotopic (exact) mass is 290 g/mol. The van der Waals surface area contributed by atoms with Gasteiger partial charge in [0.2, 0.25) is 0 Å². The molecule has 1 aliphatic rings. The molecule has 0 heterocycles. The van der Waals surface area contributed by atoms with Crippen molar-refractivity contribution in [2.24, 2.45) is 11.8 Å². The number of methoxy groups -OCH3 is 1. The Morgan fingerprint density at radius 2 is 1.95 bits per heavy atom. The van der Waals surface area contributed by atoms with Gasteiger partial charge in [0.15, 0.2) is 0 Å². The smallest absolute Gasteiger partial charge is 0.124 e. The van der Waals surface area contributed by atoms with Gasteiger partial charge in [-0.1, -0.05) is 50.7 Å². The molecule has 2 heteroatoms. The van der Waals surface area contributed by atoms with Crippen LogP contribution in [0.1, 0.15) is 69.1 Å². The highest BCUT2D eigenvalue weighted by Gasteiger charge is 2.28. The summed E-state index contributed by atoms with van der Waals surface area (Å²) in [6, 6.07) is 6.09. The summed E-state index contributed by atoms with van der Waals surface area (Å²) in [5.41, 5.74) is 2.15. The first-order valence-electron chi connectivity index (χ1n) is 8.48. The fraction of sp³-hybridized carbons (Fsp3) is 0.684. The molecular formula is C19H30O2. The minimum atomic E-state index is -0.382. The Morgan fingerprint density at radius 3 is 2.57 bits per heavy atom. The van der Waals surface area contributed by atoms with Gasteiger partial charge >= 0.3 is 0 Å². The van der Waals surface area contributed by atoms with E-state index in [1.54, 1.807) is 7.11 Å². The van der Waals surface area contributed by atoms with Gasteiger partial charge in [0.25, 0.3) is 0 Å². The summed E-state index contributed by atoms with van der Waals surface area (Å²) in [6.07, 6.45) is 8.47. The Balaban J connectivity index is 1.98. The summed E-state index contributed by atoms with van der Waals surface area (Å²) in [7, 11) is 1.68. The number of aliphatic hydroxyl groups excluding tert-OH is 1. The van der Waals surface area contributed by atoms with Gasteiger partial charge in [-0.15, -0.1) is 0 Å². The van der Waals surface area contributed by atoms with Crippen molar-refractivity contribution in [3.05, 3.63) is 29.3 Å². The number of ether oxygens (including phenoxy) is 1. The van der Waals surface area contributed by atoms with Crippen LogP contribution in [0, 0.1) is 18.8 Å². The number of benzene rings is 1. The van der Waals surface area contributed by atoms with E-state index in [1.807, 2.05) is 12.1 Å². The highest BCUT2D eigenvalue weighted by Crippen LogP contribution is 2.40. The average molecular weight is 290 g/mol. The lowest BCUT2D eigenvalue weighted by atomic mass is 9.76. The van der Waals surface area contributed by atoms with Crippen LogP contribution in [0.4, 0.5) is 0 Å². The zero-order valence-electron chi connectivity index (χ0n) is 13.8. The van der Waals surface area contributed by atoms with E-state index in [1.165, 1.54) is 37.7 Å². The van der Waals surface area contributed by atoms with Gasteiger partial charge in [0.05, 0.1) is 13.2 Å². The predicted molar refractivity (Wildman–Crippen MR) is 87.7 cm³/mol. The Kier molecular flexibility index (Phi) is 6.10. The van der Waals surface area contributed by atoms with Crippen LogP contribution in [0.3, 0.4) is 0 Å². The second-order valence-electron chi connectivity index (χ2n) is 6.61. The van der Waals surface area contributed by atoms with Crippen LogP contribution in [-0.4, -0.2) is 12.2 Å². The van der Waals surface area contributed by atoms with Crippen molar-refractivity contribution in [2.75, 3.05) is 7.11 Å². The molecule has 0 aliphatic heterocycles. The van der Waals surface area contributed by atoms with Gasteiger partial charge in [-0.25, -0.2) is 0 Å². The van der Waals surface area contributed by atoms with Crippen molar-refractivity contribution in [1.82, 2.24) is 0 Å². The van der Waals surface area contributed by atoms with E-state index in [0.29, 0.717) is 5.92 Å². The third-order valence-corrected chi connectivity index (χ3v) is 5.01. The number of hydrogen-bond donors (Lipinski definition) is 1. The molecule has 1 unspecified atom stereocenters.